The minimum atomic E-state index is -3.86. The highest BCUT2D eigenvalue weighted by Crippen LogP contribution is 2.21. The van der Waals surface area contributed by atoms with Gasteiger partial charge in [-0.15, -0.1) is 0 Å². The molecule has 0 aliphatic carbocycles. The summed E-state index contributed by atoms with van der Waals surface area (Å²) >= 11 is 0. The molecule has 8 heteroatoms. The van der Waals surface area contributed by atoms with E-state index in [2.05, 4.69) is 4.72 Å². The van der Waals surface area contributed by atoms with E-state index in [4.69, 9.17) is 5.11 Å². The quantitative estimate of drug-likeness (QED) is 0.663. The first kappa shape index (κ1) is 13.8. The van der Waals surface area contributed by atoms with E-state index in [1.54, 1.807) is 0 Å². The number of nitrogens with one attached hydrogen (secondary N) is 1. The van der Waals surface area contributed by atoms with Gasteiger partial charge in [0, 0.05) is 12.1 Å². The van der Waals surface area contributed by atoms with Crippen molar-refractivity contribution in [1.82, 2.24) is 0 Å². The zero-order valence-electron chi connectivity index (χ0n) is 10.1. The smallest absolute Gasteiger partial charge is 0.271 e. The Bertz CT molecular complexity index is 741. The van der Waals surface area contributed by atoms with Crippen molar-refractivity contribution in [1.29, 1.82) is 0 Å². The van der Waals surface area contributed by atoms with E-state index in [1.807, 2.05) is 0 Å². The third kappa shape index (κ3) is 3.04. The van der Waals surface area contributed by atoms with Gasteiger partial charge in [-0.2, -0.15) is 0 Å². The van der Waals surface area contributed by atoms with E-state index in [-0.39, 0.29) is 22.0 Å². The molecule has 0 aliphatic heterocycles. The third-order valence-electron chi connectivity index (χ3n) is 2.46. The Morgan fingerprint density at radius 3 is 2.35 bits per heavy atom. The van der Waals surface area contributed by atoms with Crippen LogP contribution in [0.15, 0.2) is 53.4 Å². The maximum atomic E-state index is 12.0. The summed E-state index contributed by atoms with van der Waals surface area (Å²) in [6.07, 6.45) is 0. The molecule has 20 heavy (non-hydrogen) atoms. The minimum Gasteiger partial charge on any atom is -0.508 e. The van der Waals surface area contributed by atoms with Gasteiger partial charge in [0.2, 0.25) is 0 Å². The van der Waals surface area contributed by atoms with Crippen molar-refractivity contribution in [2.75, 3.05) is 4.72 Å². The van der Waals surface area contributed by atoms with Crippen molar-refractivity contribution in [2.24, 2.45) is 0 Å². The Morgan fingerprint density at radius 2 is 1.75 bits per heavy atom. The summed E-state index contributed by atoms with van der Waals surface area (Å²) in [5.41, 5.74) is -0.122. The fraction of sp³-hybridized carbons (Fsp3) is 0. The SMILES string of the molecule is O=[N+]([O-])c1cccc(NS(=O)(=O)c2ccc(O)cc2)c1. The number of nitrogens with zero attached hydrogens (tertiary/aromatic N) is 1. The molecule has 0 aromatic heterocycles. The Morgan fingerprint density at radius 1 is 1.10 bits per heavy atom. The van der Waals surface area contributed by atoms with Gasteiger partial charge >= 0.3 is 0 Å². The van der Waals surface area contributed by atoms with Crippen LogP contribution in [0.4, 0.5) is 11.4 Å². The number of anilines is 1. The number of phenolic OH excluding ortho intramolecular Hbond substituents is 1. The number of phenols is 1. The number of sulfonamides is 1. The van der Waals surface area contributed by atoms with Gasteiger partial charge in [-0.1, -0.05) is 6.07 Å². The number of benzene rings is 2. The summed E-state index contributed by atoms with van der Waals surface area (Å²) in [6.45, 7) is 0. The predicted molar refractivity (Wildman–Crippen MR) is 72.0 cm³/mol. The Labute approximate surface area is 114 Å². The summed E-state index contributed by atoms with van der Waals surface area (Å²) in [7, 11) is -3.86. The maximum absolute atomic E-state index is 12.0. The largest absolute Gasteiger partial charge is 0.508 e. The summed E-state index contributed by atoms with van der Waals surface area (Å²) in [4.78, 5) is 9.96. The van der Waals surface area contributed by atoms with E-state index in [1.165, 1.54) is 42.5 Å². The molecular weight excluding hydrogens is 284 g/mol. The first-order valence-electron chi connectivity index (χ1n) is 5.45. The number of aromatic hydroxyl groups is 1. The highest BCUT2D eigenvalue weighted by Gasteiger charge is 2.15. The first-order chi connectivity index (χ1) is 9.38. The number of rotatable bonds is 4. The van der Waals surface area contributed by atoms with Crippen LogP contribution in [0.25, 0.3) is 0 Å². The molecule has 0 bridgehead atoms. The minimum absolute atomic E-state index is 0.0539. The van der Waals surface area contributed by atoms with Gasteiger partial charge in [0.05, 0.1) is 15.5 Å². The van der Waals surface area contributed by atoms with Gasteiger partial charge in [-0.3, -0.25) is 14.8 Å². The molecule has 0 fully saturated rings. The fourth-order valence-electron chi connectivity index (χ4n) is 1.52. The standard InChI is InChI=1S/C12H10N2O5S/c15-11-4-6-12(7-5-11)20(18,19)13-9-2-1-3-10(8-9)14(16)17/h1-8,13,15H. The van der Waals surface area contributed by atoms with Gasteiger partial charge in [0.1, 0.15) is 5.75 Å². The van der Waals surface area contributed by atoms with Crippen molar-refractivity contribution in [2.45, 2.75) is 4.90 Å². The predicted octanol–water partition coefficient (Wildman–Crippen LogP) is 2.10. The van der Waals surface area contributed by atoms with E-state index >= 15 is 0 Å². The lowest BCUT2D eigenvalue weighted by molar-refractivity contribution is -0.384. The van der Waals surface area contributed by atoms with Gasteiger partial charge < -0.3 is 5.11 Å². The lowest BCUT2D eigenvalue weighted by atomic mass is 10.3. The molecule has 0 atom stereocenters. The number of non-ortho nitro benzene ring substituents is 1. The van der Waals surface area contributed by atoms with E-state index in [0.29, 0.717) is 0 Å². The van der Waals surface area contributed by atoms with E-state index in [0.717, 1.165) is 6.07 Å². The number of nitro groups is 1. The average Bonchev–Trinajstić information content (AvgIpc) is 2.39. The molecular formula is C12H10N2O5S. The molecule has 0 heterocycles. The molecule has 0 unspecified atom stereocenters. The molecule has 2 aromatic carbocycles. The lowest BCUT2D eigenvalue weighted by Crippen LogP contribution is -2.12. The van der Waals surface area contributed by atoms with Gasteiger partial charge in [0.15, 0.2) is 0 Å². The highest BCUT2D eigenvalue weighted by molar-refractivity contribution is 7.92. The van der Waals surface area contributed by atoms with Crippen LogP contribution in [0.3, 0.4) is 0 Å². The molecule has 0 saturated heterocycles. The topological polar surface area (TPSA) is 110 Å². The summed E-state index contributed by atoms with van der Waals surface area (Å²) < 4.78 is 26.3. The van der Waals surface area contributed by atoms with Crippen LogP contribution in [-0.4, -0.2) is 18.4 Å². The van der Waals surface area contributed by atoms with Crippen LogP contribution >= 0.6 is 0 Å². The zero-order chi connectivity index (χ0) is 14.8. The van der Waals surface area contributed by atoms with Crippen LogP contribution in [0.5, 0.6) is 5.75 Å². The first-order valence-corrected chi connectivity index (χ1v) is 6.93. The second-order valence-corrected chi connectivity index (χ2v) is 5.59. The zero-order valence-corrected chi connectivity index (χ0v) is 10.9. The average molecular weight is 294 g/mol. The van der Waals surface area contributed by atoms with Crippen LogP contribution in [0.2, 0.25) is 0 Å². The van der Waals surface area contributed by atoms with Gasteiger partial charge in [0.25, 0.3) is 15.7 Å². The number of nitro benzene ring substituents is 1. The number of hydrogen-bond acceptors (Lipinski definition) is 5. The van der Waals surface area contributed by atoms with Crippen LogP contribution in [0, 0.1) is 10.1 Å². The molecule has 0 amide bonds. The highest BCUT2D eigenvalue weighted by atomic mass is 32.2. The van der Waals surface area contributed by atoms with Gasteiger partial charge in [-0.25, -0.2) is 8.42 Å². The molecule has 0 radical (unpaired) electrons. The van der Waals surface area contributed by atoms with Crippen molar-refractivity contribution >= 4 is 21.4 Å². The molecule has 0 saturated carbocycles. The normalized spacial score (nSPS) is 11.0. The maximum Gasteiger partial charge on any atom is 0.271 e. The molecule has 0 aliphatic rings. The number of hydrogen-bond donors (Lipinski definition) is 2. The van der Waals surface area contributed by atoms with Crippen molar-refractivity contribution in [3.63, 3.8) is 0 Å². The van der Waals surface area contributed by atoms with Crippen LogP contribution in [-0.2, 0) is 10.0 Å². The second-order valence-electron chi connectivity index (χ2n) is 3.91. The summed E-state index contributed by atoms with van der Waals surface area (Å²) in [5, 5.41) is 19.7. The molecule has 2 aromatic rings. The summed E-state index contributed by atoms with van der Waals surface area (Å²) in [5.74, 6) is -0.0562. The van der Waals surface area contributed by atoms with Crippen molar-refractivity contribution in [3.8, 4) is 5.75 Å². The van der Waals surface area contributed by atoms with E-state index in [9.17, 15) is 18.5 Å². The molecule has 2 N–H and O–H groups in total. The lowest BCUT2D eigenvalue weighted by Gasteiger charge is -2.07. The summed E-state index contributed by atoms with van der Waals surface area (Å²) in [6, 6.07) is 10.1. The molecule has 0 spiro atoms. The van der Waals surface area contributed by atoms with Crippen molar-refractivity contribution in [3.05, 3.63) is 58.6 Å². The molecule has 7 nitrogen and oxygen atoms in total. The van der Waals surface area contributed by atoms with Crippen LogP contribution in [0.1, 0.15) is 0 Å². The third-order valence-corrected chi connectivity index (χ3v) is 3.85. The van der Waals surface area contributed by atoms with Crippen LogP contribution < -0.4 is 4.72 Å². The van der Waals surface area contributed by atoms with E-state index < -0.39 is 14.9 Å². The molecule has 104 valence electrons. The monoisotopic (exact) mass is 294 g/mol. The van der Waals surface area contributed by atoms with Crippen molar-refractivity contribution < 1.29 is 18.4 Å². The second kappa shape index (κ2) is 5.17. The van der Waals surface area contributed by atoms with Gasteiger partial charge in [-0.05, 0) is 30.3 Å². The Kier molecular flexibility index (Phi) is 3.57. The fourth-order valence-corrected chi connectivity index (χ4v) is 2.57. The Hall–Kier alpha value is -2.61. The Balaban J connectivity index is 2.31. The molecule has 2 rings (SSSR count).